The van der Waals surface area contributed by atoms with Crippen molar-refractivity contribution in [1.29, 1.82) is 0 Å². The minimum atomic E-state index is -0.292. The van der Waals surface area contributed by atoms with E-state index in [2.05, 4.69) is 0 Å². The van der Waals surface area contributed by atoms with Crippen molar-refractivity contribution in [1.82, 2.24) is 0 Å². The molecule has 0 atom stereocenters. The maximum Gasteiger partial charge on any atom is 0.159 e. The summed E-state index contributed by atoms with van der Waals surface area (Å²) >= 11 is 1.89. The van der Waals surface area contributed by atoms with Gasteiger partial charge in [-0.3, -0.25) is 4.79 Å². The summed E-state index contributed by atoms with van der Waals surface area (Å²) in [4.78, 5) is 13.1. The number of carbonyl (C=O) groups excluding carboxylic acids is 1. The molecule has 2 rings (SSSR count). The normalized spacial score (nSPS) is 16.2. The lowest BCUT2D eigenvalue weighted by molar-refractivity contribution is 0.101. The zero-order valence-corrected chi connectivity index (χ0v) is 10.0. The molecule has 0 saturated carbocycles. The summed E-state index contributed by atoms with van der Waals surface area (Å²) in [5.41, 5.74) is 1.05. The number of nitrogens with zero attached hydrogens (tertiary/aromatic N) is 1. The summed E-state index contributed by atoms with van der Waals surface area (Å²) in [6, 6.07) is 4.74. The van der Waals surface area contributed by atoms with Gasteiger partial charge in [-0.25, -0.2) is 4.39 Å². The highest BCUT2D eigenvalue weighted by atomic mass is 32.2. The number of ketones is 1. The van der Waals surface area contributed by atoms with Crippen molar-refractivity contribution in [3.8, 4) is 0 Å². The Hall–Kier alpha value is -1.03. The molecule has 0 spiro atoms. The SMILES string of the molecule is CC(=O)c1ccc(N2CCSCC2)c(F)c1. The molecular formula is C12H14FNOS. The van der Waals surface area contributed by atoms with E-state index in [0.717, 1.165) is 24.6 Å². The first-order valence-electron chi connectivity index (χ1n) is 5.31. The van der Waals surface area contributed by atoms with Crippen LogP contribution in [0.5, 0.6) is 0 Å². The van der Waals surface area contributed by atoms with E-state index in [1.807, 2.05) is 16.7 Å². The average molecular weight is 239 g/mol. The molecule has 1 saturated heterocycles. The molecule has 0 N–H and O–H groups in total. The van der Waals surface area contributed by atoms with Crippen LogP contribution in [0.3, 0.4) is 0 Å². The Morgan fingerprint density at radius 3 is 2.62 bits per heavy atom. The number of anilines is 1. The van der Waals surface area contributed by atoms with Crippen LogP contribution in [0, 0.1) is 5.82 Å². The summed E-state index contributed by atoms with van der Waals surface area (Å²) in [5.74, 6) is 1.68. The van der Waals surface area contributed by atoms with Gasteiger partial charge in [-0.15, -0.1) is 0 Å². The summed E-state index contributed by atoms with van der Waals surface area (Å²) in [6.07, 6.45) is 0. The lowest BCUT2D eigenvalue weighted by atomic mass is 10.1. The Morgan fingerprint density at radius 1 is 1.38 bits per heavy atom. The molecule has 1 aliphatic rings. The van der Waals surface area contributed by atoms with E-state index in [4.69, 9.17) is 0 Å². The van der Waals surface area contributed by atoms with E-state index in [1.165, 1.54) is 13.0 Å². The topological polar surface area (TPSA) is 20.3 Å². The summed E-state index contributed by atoms with van der Waals surface area (Å²) in [6.45, 7) is 3.20. The third kappa shape index (κ3) is 2.38. The Labute approximate surface area is 98.8 Å². The number of hydrogen-bond donors (Lipinski definition) is 0. The fourth-order valence-corrected chi connectivity index (χ4v) is 2.69. The van der Waals surface area contributed by atoms with Gasteiger partial charge in [0.1, 0.15) is 5.82 Å². The molecule has 0 aliphatic carbocycles. The van der Waals surface area contributed by atoms with Crippen molar-refractivity contribution in [3.63, 3.8) is 0 Å². The van der Waals surface area contributed by atoms with Gasteiger partial charge in [0.15, 0.2) is 5.78 Å². The monoisotopic (exact) mass is 239 g/mol. The number of rotatable bonds is 2. The van der Waals surface area contributed by atoms with E-state index >= 15 is 0 Å². The summed E-state index contributed by atoms with van der Waals surface area (Å²) < 4.78 is 13.8. The molecule has 1 heterocycles. The maximum atomic E-state index is 13.8. The first-order valence-corrected chi connectivity index (χ1v) is 6.47. The van der Waals surface area contributed by atoms with E-state index in [9.17, 15) is 9.18 Å². The minimum absolute atomic E-state index is 0.0975. The van der Waals surface area contributed by atoms with Crippen molar-refractivity contribution in [2.45, 2.75) is 6.92 Å². The number of Topliss-reactive ketones (excluding diaryl/α,β-unsaturated/α-hetero) is 1. The lowest BCUT2D eigenvalue weighted by Gasteiger charge is -2.28. The number of halogens is 1. The van der Waals surface area contributed by atoms with Crippen LogP contribution < -0.4 is 4.90 Å². The molecule has 0 amide bonds. The molecule has 1 fully saturated rings. The molecule has 2 nitrogen and oxygen atoms in total. The van der Waals surface area contributed by atoms with Crippen LogP contribution in [0.1, 0.15) is 17.3 Å². The molecule has 16 heavy (non-hydrogen) atoms. The van der Waals surface area contributed by atoms with E-state index in [1.54, 1.807) is 12.1 Å². The van der Waals surface area contributed by atoms with Gasteiger partial charge in [0.2, 0.25) is 0 Å². The molecule has 0 radical (unpaired) electrons. The predicted octanol–water partition coefficient (Wildman–Crippen LogP) is 2.58. The summed E-state index contributed by atoms with van der Waals surface area (Å²) in [5, 5.41) is 0. The highest BCUT2D eigenvalue weighted by Crippen LogP contribution is 2.23. The molecule has 4 heteroatoms. The zero-order chi connectivity index (χ0) is 11.5. The van der Waals surface area contributed by atoms with Crippen molar-refractivity contribution in [3.05, 3.63) is 29.6 Å². The van der Waals surface area contributed by atoms with Crippen LogP contribution in [-0.4, -0.2) is 30.4 Å². The van der Waals surface area contributed by atoms with Gasteiger partial charge in [0.05, 0.1) is 5.69 Å². The molecule has 1 aliphatic heterocycles. The second-order valence-electron chi connectivity index (χ2n) is 3.82. The highest BCUT2D eigenvalue weighted by Gasteiger charge is 2.15. The Bertz CT molecular complexity index is 402. The van der Waals surface area contributed by atoms with Crippen molar-refractivity contribution in [2.75, 3.05) is 29.5 Å². The molecule has 0 aromatic heterocycles. The summed E-state index contributed by atoms with van der Waals surface area (Å²) in [7, 11) is 0. The largest absolute Gasteiger partial charge is 0.368 e. The van der Waals surface area contributed by atoms with Gasteiger partial charge in [-0.2, -0.15) is 11.8 Å². The van der Waals surface area contributed by atoms with E-state index in [-0.39, 0.29) is 11.6 Å². The number of carbonyl (C=O) groups is 1. The Balaban J connectivity index is 2.24. The molecular weight excluding hydrogens is 225 g/mol. The number of thioether (sulfide) groups is 1. The van der Waals surface area contributed by atoms with Crippen LogP contribution in [0.4, 0.5) is 10.1 Å². The molecule has 1 aromatic rings. The van der Waals surface area contributed by atoms with Crippen molar-refractivity contribution < 1.29 is 9.18 Å². The van der Waals surface area contributed by atoms with Gasteiger partial charge in [0, 0.05) is 30.2 Å². The van der Waals surface area contributed by atoms with Gasteiger partial charge in [-0.1, -0.05) is 0 Å². The van der Waals surface area contributed by atoms with E-state index in [0.29, 0.717) is 11.3 Å². The second kappa shape index (κ2) is 4.87. The first kappa shape index (κ1) is 11.5. The predicted molar refractivity (Wildman–Crippen MR) is 65.9 cm³/mol. The first-order chi connectivity index (χ1) is 7.68. The zero-order valence-electron chi connectivity index (χ0n) is 9.20. The smallest absolute Gasteiger partial charge is 0.159 e. The van der Waals surface area contributed by atoms with Gasteiger partial charge < -0.3 is 4.90 Å². The minimum Gasteiger partial charge on any atom is -0.368 e. The van der Waals surface area contributed by atoms with Crippen LogP contribution in [0.25, 0.3) is 0 Å². The highest BCUT2D eigenvalue weighted by molar-refractivity contribution is 7.99. The average Bonchev–Trinajstić information content (AvgIpc) is 2.30. The van der Waals surface area contributed by atoms with Crippen molar-refractivity contribution in [2.24, 2.45) is 0 Å². The Morgan fingerprint density at radius 2 is 2.06 bits per heavy atom. The van der Waals surface area contributed by atoms with Gasteiger partial charge in [0.25, 0.3) is 0 Å². The van der Waals surface area contributed by atoms with Crippen molar-refractivity contribution >= 4 is 23.2 Å². The van der Waals surface area contributed by atoms with Crippen LogP contribution >= 0.6 is 11.8 Å². The molecule has 0 unspecified atom stereocenters. The Kier molecular flexibility index (Phi) is 3.49. The third-order valence-corrected chi connectivity index (χ3v) is 3.65. The molecule has 1 aromatic carbocycles. The fraction of sp³-hybridized carbons (Fsp3) is 0.417. The quantitative estimate of drug-likeness (QED) is 0.740. The molecule has 86 valence electrons. The number of benzene rings is 1. The third-order valence-electron chi connectivity index (χ3n) is 2.71. The molecule has 0 bridgehead atoms. The fourth-order valence-electron chi connectivity index (χ4n) is 1.79. The van der Waals surface area contributed by atoms with E-state index < -0.39 is 0 Å². The maximum absolute atomic E-state index is 13.8. The second-order valence-corrected chi connectivity index (χ2v) is 5.05. The lowest BCUT2D eigenvalue weighted by Crippen LogP contribution is -2.33. The van der Waals surface area contributed by atoms with Crippen LogP contribution in [0.2, 0.25) is 0 Å². The number of hydrogen-bond acceptors (Lipinski definition) is 3. The van der Waals surface area contributed by atoms with Gasteiger partial charge >= 0.3 is 0 Å². The van der Waals surface area contributed by atoms with Crippen LogP contribution in [0.15, 0.2) is 18.2 Å². The standard InChI is InChI=1S/C12H14FNOS/c1-9(15)10-2-3-12(11(13)8-10)14-4-6-16-7-5-14/h2-3,8H,4-7H2,1H3. The van der Waals surface area contributed by atoms with Crippen LogP contribution in [-0.2, 0) is 0 Å². The van der Waals surface area contributed by atoms with Gasteiger partial charge in [-0.05, 0) is 25.1 Å².